The van der Waals surface area contributed by atoms with Gasteiger partial charge in [0.15, 0.2) is 0 Å². The molecule has 0 aliphatic heterocycles. The van der Waals surface area contributed by atoms with Crippen molar-refractivity contribution in [2.75, 3.05) is 0 Å². The number of halogens is 1. The van der Waals surface area contributed by atoms with E-state index in [4.69, 9.17) is 4.74 Å². The Kier molecular flexibility index (Phi) is 6.06. The molecule has 1 N–H and O–H groups in total. The fraction of sp³-hybridized carbons (Fsp3) is 0.0909. The van der Waals surface area contributed by atoms with Crippen LogP contribution in [-0.4, -0.2) is 23.4 Å². The van der Waals surface area contributed by atoms with Crippen molar-refractivity contribution in [1.82, 2.24) is 19.7 Å². The van der Waals surface area contributed by atoms with Gasteiger partial charge in [-0.1, -0.05) is 35.5 Å². The number of benzene rings is 3. The van der Waals surface area contributed by atoms with E-state index in [1.165, 1.54) is 12.1 Å². The van der Waals surface area contributed by atoms with Gasteiger partial charge in [0, 0.05) is 0 Å². The molecule has 3 aromatic carbocycles. The van der Waals surface area contributed by atoms with Gasteiger partial charge in [0.2, 0.25) is 10.0 Å². The number of ether oxygens (including phenoxy) is 1. The molecule has 0 saturated carbocycles. The van der Waals surface area contributed by atoms with Gasteiger partial charge in [0.25, 0.3) is 0 Å². The number of sulfonamides is 1. The molecular weight excluding hydrogens is 419 g/mol. The van der Waals surface area contributed by atoms with E-state index in [9.17, 15) is 12.8 Å². The third kappa shape index (κ3) is 5.53. The molecule has 9 heteroatoms. The number of aromatic nitrogens is 3. The Labute approximate surface area is 179 Å². The summed E-state index contributed by atoms with van der Waals surface area (Å²) >= 11 is 0. The highest BCUT2D eigenvalue weighted by atomic mass is 32.2. The lowest BCUT2D eigenvalue weighted by atomic mass is 10.2. The summed E-state index contributed by atoms with van der Waals surface area (Å²) in [7, 11) is -3.77. The van der Waals surface area contributed by atoms with E-state index in [1.807, 2.05) is 54.6 Å². The lowest BCUT2D eigenvalue weighted by Crippen LogP contribution is -2.23. The summed E-state index contributed by atoms with van der Waals surface area (Å²) in [5.74, 6) is 0.951. The van der Waals surface area contributed by atoms with Crippen molar-refractivity contribution in [1.29, 1.82) is 0 Å². The van der Waals surface area contributed by atoms with Crippen molar-refractivity contribution in [2.45, 2.75) is 18.0 Å². The van der Waals surface area contributed by atoms with Gasteiger partial charge in [-0.2, -0.15) is 0 Å². The summed E-state index contributed by atoms with van der Waals surface area (Å²) in [5, 5.41) is 8.06. The number of nitrogens with zero attached hydrogens (tertiary/aromatic N) is 3. The minimum absolute atomic E-state index is 0.0171. The molecule has 0 fully saturated rings. The first-order valence-corrected chi connectivity index (χ1v) is 10.9. The Morgan fingerprint density at radius 3 is 2.45 bits per heavy atom. The summed E-state index contributed by atoms with van der Waals surface area (Å²) in [6.45, 7) is 0.417. The van der Waals surface area contributed by atoms with Crippen LogP contribution in [0.4, 0.5) is 4.39 Å². The van der Waals surface area contributed by atoms with Gasteiger partial charge in [-0.05, 0) is 54.1 Å². The third-order valence-electron chi connectivity index (χ3n) is 4.38. The number of hydrogen-bond donors (Lipinski definition) is 1. The second-order valence-corrected chi connectivity index (χ2v) is 8.52. The molecule has 0 radical (unpaired) electrons. The zero-order valence-electron chi connectivity index (χ0n) is 16.3. The Morgan fingerprint density at radius 1 is 0.935 bits per heavy atom. The maximum Gasteiger partial charge on any atom is 0.240 e. The number of rotatable bonds is 8. The van der Waals surface area contributed by atoms with Gasteiger partial charge >= 0.3 is 0 Å². The van der Waals surface area contributed by atoms with Crippen LogP contribution in [0, 0.1) is 5.82 Å². The molecule has 1 aromatic heterocycles. The largest absolute Gasteiger partial charge is 0.457 e. The van der Waals surface area contributed by atoms with E-state index in [2.05, 4.69) is 15.0 Å². The standard InChI is InChI=1S/C22H19FN4O3S/c23-18-9-11-22(12-10-18)31(28,29)24-14-19-16-27(26-25-19)15-17-5-4-8-21(13-17)30-20-6-2-1-3-7-20/h1-13,16,24H,14-15H2. The molecular formula is C22H19FN4O3S. The van der Waals surface area contributed by atoms with Gasteiger partial charge < -0.3 is 4.74 Å². The number of hydrogen-bond acceptors (Lipinski definition) is 5. The molecule has 0 spiro atoms. The summed E-state index contributed by atoms with van der Waals surface area (Å²) in [6, 6.07) is 21.7. The summed E-state index contributed by atoms with van der Waals surface area (Å²) < 4.78 is 47.5. The van der Waals surface area contributed by atoms with Crippen molar-refractivity contribution in [3.05, 3.63) is 102 Å². The highest BCUT2D eigenvalue weighted by molar-refractivity contribution is 7.89. The van der Waals surface area contributed by atoms with Gasteiger partial charge in [-0.3, -0.25) is 0 Å². The Balaban J connectivity index is 1.38. The highest BCUT2D eigenvalue weighted by Gasteiger charge is 2.14. The summed E-state index contributed by atoms with van der Waals surface area (Å²) in [6.07, 6.45) is 1.66. The first-order valence-electron chi connectivity index (χ1n) is 9.44. The molecule has 0 bridgehead atoms. The van der Waals surface area contributed by atoms with E-state index in [-0.39, 0.29) is 11.4 Å². The minimum Gasteiger partial charge on any atom is -0.457 e. The van der Waals surface area contributed by atoms with Crippen LogP contribution in [0.1, 0.15) is 11.3 Å². The van der Waals surface area contributed by atoms with Crippen molar-refractivity contribution in [2.24, 2.45) is 0 Å². The Morgan fingerprint density at radius 2 is 1.68 bits per heavy atom. The lowest BCUT2D eigenvalue weighted by Gasteiger charge is -2.07. The van der Waals surface area contributed by atoms with E-state index in [0.29, 0.717) is 18.0 Å². The molecule has 31 heavy (non-hydrogen) atoms. The van der Waals surface area contributed by atoms with E-state index >= 15 is 0 Å². The summed E-state index contributed by atoms with van der Waals surface area (Å²) in [4.78, 5) is -0.0171. The molecule has 0 saturated heterocycles. The average Bonchev–Trinajstić information content (AvgIpc) is 3.21. The van der Waals surface area contributed by atoms with E-state index in [1.54, 1.807) is 10.9 Å². The van der Waals surface area contributed by atoms with Gasteiger partial charge in [0.1, 0.15) is 17.3 Å². The molecule has 0 amide bonds. The molecule has 7 nitrogen and oxygen atoms in total. The van der Waals surface area contributed by atoms with Crippen molar-refractivity contribution in [3.63, 3.8) is 0 Å². The maximum absolute atomic E-state index is 13.0. The van der Waals surface area contributed by atoms with E-state index in [0.717, 1.165) is 23.4 Å². The lowest BCUT2D eigenvalue weighted by molar-refractivity contribution is 0.481. The molecule has 4 rings (SSSR count). The predicted octanol–water partition coefficient (Wildman–Crippen LogP) is 3.74. The number of nitrogens with one attached hydrogen (secondary N) is 1. The second kappa shape index (κ2) is 9.07. The van der Waals surface area contributed by atoms with Crippen LogP contribution in [0.25, 0.3) is 0 Å². The Hall–Kier alpha value is -3.56. The quantitative estimate of drug-likeness (QED) is 0.453. The normalized spacial score (nSPS) is 11.4. The molecule has 1 heterocycles. The topological polar surface area (TPSA) is 86.1 Å². The molecule has 158 valence electrons. The first-order chi connectivity index (χ1) is 15.0. The second-order valence-electron chi connectivity index (χ2n) is 6.75. The Bertz CT molecular complexity index is 1260. The summed E-state index contributed by atoms with van der Waals surface area (Å²) in [5.41, 5.74) is 1.42. The maximum atomic E-state index is 13.0. The zero-order chi connectivity index (χ0) is 21.7. The van der Waals surface area contributed by atoms with Crippen LogP contribution in [0.3, 0.4) is 0 Å². The predicted molar refractivity (Wildman–Crippen MR) is 113 cm³/mol. The van der Waals surface area contributed by atoms with Gasteiger partial charge in [0.05, 0.1) is 29.9 Å². The van der Waals surface area contributed by atoms with Crippen molar-refractivity contribution < 1.29 is 17.5 Å². The zero-order valence-corrected chi connectivity index (χ0v) is 17.2. The molecule has 4 aromatic rings. The monoisotopic (exact) mass is 438 g/mol. The molecule has 0 aliphatic carbocycles. The average molecular weight is 438 g/mol. The smallest absolute Gasteiger partial charge is 0.240 e. The van der Waals surface area contributed by atoms with Crippen LogP contribution in [0.2, 0.25) is 0 Å². The molecule has 0 atom stereocenters. The van der Waals surface area contributed by atoms with E-state index < -0.39 is 15.8 Å². The van der Waals surface area contributed by atoms with Crippen LogP contribution in [0.15, 0.2) is 90.0 Å². The third-order valence-corrected chi connectivity index (χ3v) is 5.79. The van der Waals surface area contributed by atoms with Crippen molar-refractivity contribution in [3.8, 4) is 11.5 Å². The van der Waals surface area contributed by atoms with Crippen LogP contribution < -0.4 is 9.46 Å². The van der Waals surface area contributed by atoms with Gasteiger partial charge in [-0.25, -0.2) is 22.2 Å². The highest BCUT2D eigenvalue weighted by Crippen LogP contribution is 2.22. The SMILES string of the molecule is O=S(=O)(NCc1cn(Cc2cccc(Oc3ccccc3)c2)nn1)c1ccc(F)cc1. The first kappa shape index (κ1) is 20.7. The van der Waals surface area contributed by atoms with Crippen LogP contribution in [-0.2, 0) is 23.1 Å². The fourth-order valence-electron chi connectivity index (χ4n) is 2.88. The van der Waals surface area contributed by atoms with Crippen molar-refractivity contribution >= 4 is 10.0 Å². The number of para-hydroxylation sites is 1. The molecule has 0 unspecified atom stereocenters. The van der Waals surface area contributed by atoms with Crippen LogP contribution >= 0.6 is 0 Å². The minimum atomic E-state index is -3.77. The van der Waals surface area contributed by atoms with Gasteiger partial charge in [-0.15, -0.1) is 5.10 Å². The fourth-order valence-corrected chi connectivity index (χ4v) is 3.88. The van der Waals surface area contributed by atoms with Crippen LogP contribution in [0.5, 0.6) is 11.5 Å². The molecule has 0 aliphatic rings.